The number of benzene rings is 1. The topological polar surface area (TPSA) is 20.3 Å². The van der Waals surface area contributed by atoms with E-state index in [1.54, 1.807) is 12.1 Å². The number of amides is 1. The number of carbonyl (C=O) groups excluding carboxylic acids is 1. The zero-order valence-corrected chi connectivity index (χ0v) is 10.2. The second kappa shape index (κ2) is 4.88. The van der Waals surface area contributed by atoms with Crippen LogP contribution in [-0.2, 0) is 0 Å². The lowest BCUT2D eigenvalue weighted by atomic mass is 10.0. The number of piperidine rings is 1. The van der Waals surface area contributed by atoms with Gasteiger partial charge >= 0.3 is 0 Å². The van der Waals surface area contributed by atoms with Crippen LogP contribution in [0.1, 0.15) is 36.5 Å². The fraction of sp³-hybridized carbons (Fsp3) is 0.462. The number of rotatable bonds is 1. The van der Waals surface area contributed by atoms with Gasteiger partial charge in [-0.05, 0) is 38.3 Å². The summed E-state index contributed by atoms with van der Waals surface area (Å²) in [5.74, 6) is 0.0674. The molecule has 0 aromatic heterocycles. The van der Waals surface area contributed by atoms with Crippen molar-refractivity contribution in [2.75, 3.05) is 6.54 Å². The summed E-state index contributed by atoms with van der Waals surface area (Å²) in [5, 5.41) is 0.547. The summed E-state index contributed by atoms with van der Waals surface area (Å²) >= 11 is 6.04. The molecule has 1 aromatic rings. The van der Waals surface area contributed by atoms with Crippen molar-refractivity contribution in [3.05, 3.63) is 34.9 Å². The highest BCUT2D eigenvalue weighted by molar-refractivity contribution is 6.33. The van der Waals surface area contributed by atoms with Gasteiger partial charge in [0.1, 0.15) is 0 Å². The first kappa shape index (κ1) is 11.5. The second-order valence-corrected chi connectivity index (χ2v) is 4.73. The molecule has 1 atom stereocenters. The van der Waals surface area contributed by atoms with Gasteiger partial charge in [0.25, 0.3) is 5.91 Å². The van der Waals surface area contributed by atoms with E-state index in [2.05, 4.69) is 6.92 Å². The van der Waals surface area contributed by atoms with E-state index in [1.807, 2.05) is 17.0 Å². The lowest BCUT2D eigenvalue weighted by Crippen LogP contribution is -2.42. The summed E-state index contributed by atoms with van der Waals surface area (Å²) in [6.45, 7) is 2.96. The lowest BCUT2D eigenvalue weighted by Gasteiger charge is -2.33. The smallest absolute Gasteiger partial charge is 0.255 e. The van der Waals surface area contributed by atoms with Gasteiger partial charge in [-0.1, -0.05) is 23.7 Å². The van der Waals surface area contributed by atoms with Gasteiger partial charge in [0, 0.05) is 12.6 Å². The normalized spacial score (nSPS) is 20.9. The van der Waals surface area contributed by atoms with Crippen molar-refractivity contribution in [1.29, 1.82) is 0 Å². The van der Waals surface area contributed by atoms with Crippen LogP contribution >= 0.6 is 11.6 Å². The number of nitrogens with zero attached hydrogens (tertiary/aromatic N) is 1. The molecule has 3 heteroatoms. The second-order valence-electron chi connectivity index (χ2n) is 4.32. The molecule has 1 heterocycles. The van der Waals surface area contributed by atoms with Gasteiger partial charge in [-0.3, -0.25) is 4.79 Å². The quantitative estimate of drug-likeness (QED) is 0.734. The summed E-state index contributed by atoms with van der Waals surface area (Å²) in [4.78, 5) is 14.2. The Bertz CT molecular complexity index is 391. The molecule has 1 fully saturated rings. The first-order valence-electron chi connectivity index (χ1n) is 5.75. The monoisotopic (exact) mass is 237 g/mol. The van der Waals surface area contributed by atoms with Crippen LogP contribution in [0.15, 0.2) is 24.3 Å². The third kappa shape index (κ3) is 2.22. The Balaban J connectivity index is 2.21. The third-order valence-electron chi connectivity index (χ3n) is 3.17. The minimum Gasteiger partial charge on any atom is -0.336 e. The van der Waals surface area contributed by atoms with Crippen molar-refractivity contribution in [1.82, 2.24) is 4.90 Å². The van der Waals surface area contributed by atoms with Crippen molar-refractivity contribution in [2.45, 2.75) is 32.2 Å². The Morgan fingerprint density at radius 2 is 2.12 bits per heavy atom. The Kier molecular flexibility index (Phi) is 3.49. The summed E-state index contributed by atoms with van der Waals surface area (Å²) in [6.07, 6.45) is 3.41. The molecule has 1 saturated heterocycles. The lowest BCUT2D eigenvalue weighted by molar-refractivity contribution is 0.0636. The summed E-state index contributed by atoms with van der Waals surface area (Å²) in [7, 11) is 0. The molecule has 16 heavy (non-hydrogen) atoms. The van der Waals surface area contributed by atoms with Crippen molar-refractivity contribution >= 4 is 17.5 Å². The molecule has 2 nitrogen and oxygen atoms in total. The molecule has 0 N–H and O–H groups in total. The van der Waals surface area contributed by atoms with Crippen LogP contribution in [0.3, 0.4) is 0 Å². The van der Waals surface area contributed by atoms with E-state index < -0.39 is 0 Å². The van der Waals surface area contributed by atoms with E-state index in [0.717, 1.165) is 19.4 Å². The fourth-order valence-electron chi connectivity index (χ4n) is 2.19. The van der Waals surface area contributed by atoms with Gasteiger partial charge in [-0.15, -0.1) is 0 Å². The molecule has 1 aliphatic rings. The molecular formula is C13H16ClNO. The number of hydrogen-bond donors (Lipinski definition) is 0. The molecule has 1 aromatic carbocycles. The minimum absolute atomic E-state index is 0.0674. The van der Waals surface area contributed by atoms with E-state index in [1.165, 1.54) is 6.42 Å². The fourth-order valence-corrected chi connectivity index (χ4v) is 2.41. The van der Waals surface area contributed by atoms with Gasteiger partial charge in [0.2, 0.25) is 0 Å². The summed E-state index contributed by atoms with van der Waals surface area (Å²) < 4.78 is 0. The first-order chi connectivity index (χ1) is 7.70. The van der Waals surface area contributed by atoms with E-state index in [4.69, 9.17) is 11.6 Å². The maximum absolute atomic E-state index is 12.3. The van der Waals surface area contributed by atoms with Crippen LogP contribution in [0.25, 0.3) is 0 Å². The van der Waals surface area contributed by atoms with Crippen LogP contribution in [0.5, 0.6) is 0 Å². The number of likely N-dealkylation sites (tertiary alicyclic amines) is 1. The van der Waals surface area contributed by atoms with Crippen LogP contribution in [0, 0.1) is 0 Å². The molecule has 0 unspecified atom stereocenters. The van der Waals surface area contributed by atoms with Crippen LogP contribution in [0.2, 0.25) is 5.02 Å². The Morgan fingerprint density at radius 3 is 2.81 bits per heavy atom. The van der Waals surface area contributed by atoms with Gasteiger partial charge < -0.3 is 4.90 Å². The Morgan fingerprint density at radius 1 is 1.38 bits per heavy atom. The largest absolute Gasteiger partial charge is 0.336 e. The molecule has 0 aliphatic carbocycles. The van der Waals surface area contributed by atoms with Crippen molar-refractivity contribution in [3.8, 4) is 0 Å². The van der Waals surface area contributed by atoms with Gasteiger partial charge in [0.15, 0.2) is 0 Å². The number of hydrogen-bond acceptors (Lipinski definition) is 1. The molecule has 0 radical (unpaired) electrons. The molecule has 2 rings (SSSR count). The van der Waals surface area contributed by atoms with Crippen LogP contribution in [-0.4, -0.2) is 23.4 Å². The zero-order valence-electron chi connectivity index (χ0n) is 9.45. The van der Waals surface area contributed by atoms with E-state index in [9.17, 15) is 4.79 Å². The highest BCUT2D eigenvalue weighted by Crippen LogP contribution is 2.22. The van der Waals surface area contributed by atoms with Crippen LogP contribution in [0.4, 0.5) is 0 Å². The molecular weight excluding hydrogens is 222 g/mol. The molecule has 0 saturated carbocycles. The average molecular weight is 238 g/mol. The molecule has 1 amide bonds. The van der Waals surface area contributed by atoms with E-state index in [0.29, 0.717) is 16.6 Å². The summed E-state index contributed by atoms with van der Waals surface area (Å²) in [6, 6.07) is 7.60. The molecule has 1 aliphatic heterocycles. The average Bonchev–Trinajstić information content (AvgIpc) is 2.29. The molecule has 0 bridgehead atoms. The molecule has 0 spiro atoms. The zero-order chi connectivity index (χ0) is 11.5. The predicted octanol–water partition coefficient (Wildman–Crippen LogP) is 3.35. The number of carbonyl (C=O) groups is 1. The highest BCUT2D eigenvalue weighted by Gasteiger charge is 2.25. The molecule has 86 valence electrons. The maximum Gasteiger partial charge on any atom is 0.255 e. The first-order valence-corrected chi connectivity index (χ1v) is 6.13. The van der Waals surface area contributed by atoms with Crippen molar-refractivity contribution < 1.29 is 4.79 Å². The minimum atomic E-state index is 0.0674. The Labute approximate surface area is 101 Å². The van der Waals surface area contributed by atoms with Crippen molar-refractivity contribution in [3.63, 3.8) is 0 Å². The number of halogens is 1. The third-order valence-corrected chi connectivity index (χ3v) is 3.50. The van der Waals surface area contributed by atoms with E-state index >= 15 is 0 Å². The predicted molar refractivity (Wildman–Crippen MR) is 65.8 cm³/mol. The standard InChI is InChI=1S/C13H16ClNO/c1-10-6-4-5-9-15(10)13(16)11-7-2-3-8-12(11)14/h2-3,7-8,10H,4-6,9H2,1H3/t10-/m0/s1. The van der Waals surface area contributed by atoms with Crippen molar-refractivity contribution in [2.24, 2.45) is 0 Å². The van der Waals surface area contributed by atoms with Gasteiger partial charge in [-0.2, -0.15) is 0 Å². The maximum atomic E-state index is 12.3. The van der Waals surface area contributed by atoms with Gasteiger partial charge in [0.05, 0.1) is 10.6 Å². The van der Waals surface area contributed by atoms with E-state index in [-0.39, 0.29) is 5.91 Å². The SMILES string of the molecule is C[C@H]1CCCCN1C(=O)c1ccccc1Cl. The van der Waals surface area contributed by atoms with Crippen LogP contribution < -0.4 is 0 Å². The highest BCUT2D eigenvalue weighted by atomic mass is 35.5. The van der Waals surface area contributed by atoms with Gasteiger partial charge in [-0.25, -0.2) is 0 Å². The Hall–Kier alpha value is -1.02. The summed E-state index contributed by atoms with van der Waals surface area (Å²) in [5.41, 5.74) is 0.623.